The molecule has 6 heteroatoms. The van der Waals surface area contributed by atoms with Crippen molar-refractivity contribution in [3.8, 4) is 0 Å². The second-order valence-electron chi connectivity index (χ2n) is 5.84. The van der Waals surface area contributed by atoms with Crippen LogP contribution >= 0.6 is 21.6 Å². The van der Waals surface area contributed by atoms with Crippen LogP contribution in [0.4, 0.5) is 0 Å². The Hall–Kier alpha value is -0.360. The zero-order valence-electron chi connectivity index (χ0n) is 11.5. The van der Waals surface area contributed by atoms with Gasteiger partial charge in [-0.3, -0.25) is 9.59 Å². The average molecular weight is 318 g/mol. The van der Waals surface area contributed by atoms with E-state index in [1.165, 1.54) is 0 Å². The molecule has 0 aliphatic heterocycles. The van der Waals surface area contributed by atoms with Crippen molar-refractivity contribution in [2.45, 2.75) is 61.9 Å². The molecule has 20 heavy (non-hydrogen) atoms. The quantitative estimate of drug-likeness (QED) is 0.754. The van der Waals surface area contributed by atoms with Crippen LogP contribution in [-0.2, 0) is 9.59 Å². The van der Waals surface area contributed by atoms with Crippen LogP contribution in [0.25, 0.3) is 0 Å². The van der Waals surface area contributed by atoms with E-state index in [-0.39, 0.29) is 11.8 Å². The second-order valence-corrected chi connectivity index (χ2v) is 8.71. The van der Waals surface area contributed by atoms with Gasteiger partial charge in [-0.05, 0) is 38.5 Å². The van der Waals surface area contributed by atoms with Crippen molar-refractivity contribution < 1.29 is 19.8 Å². The minimum Gasteiger partial charge on any atom is -0.481 e. The first kappa shape index (κ1) is 16.0. The molecule has 4 unspecified atom stereocenters. The molecule has 0 radical (unpaired) electrons. The summed E-state index contributed by atoms with van der Waals surface area (Å²) in [7, 11) is 3.60. The molecule has 4 nitrogen and oxygen atoms in total. The molecule has 0 aromatic carbocycles. The van der Waals surface area contributed by atoms with Gasteiger partial charge in [0.15, 0.2) is 0 Å². The highest BCUT2D eigenvalue weighted by molar-refractivity contribution is 8.77. The Morgan fingerprint density at radius 1 is 0.750 bits per heavy atom. The second kappa shape index (κ2) is 7.59. The summed E-state index contributed by atoms with van der Waals surface area (Å²) in [5.74, 6) is -1.69. The van der Waals surface area contributed by atoms with E-state index in [0.29, 0.717) is 10.5 Å². The van der Waals surface area contributed by atoms with Gasteiger partial charge in [-0.1, -0.05) is 34.4 Å². The van der Waals surface area contributed by atoms with Crippen LogP contribution < -0.4 is 0 Å². The monoisotopic (exact) mass is 318 g/mol. The summed E-state index contributed by atoms with van der Waals surface area (Å²) < 4.78 is 0. The van der Waals surface area contributed by atoms with E-state index in [0.717, 1.165) is 51.4 Å². The van der Waals surface area contributed by atoms with Crippen molar-refractivity contribution in [3.05, 3.63) is 0 Å². The molecule has 0 heterocycles. The molecule has 0 amide bonds. The Labute approximate surface area is 127 Å². The largest absolute Gasteiger partial charge is 0.481 e. The predicted octanol–water partition coefficient (Wildman–Crippen LogP) is 3.65. The topological polar surface area (TPSA) is 74.6 Å². The van der Waals surface area contributed by atoms with E-state index in [4.69, 9.17) is 10.2 Å². The van der Waals surface area contributed by atoms with Crippen molar-refractivity contribution >= 4 is 33.5 Å². The van der Waals surface area contributed by atoms with Gasteiger partial charge in [-0.25, -0.2) is 0 Å². The zero-order valence-corrected chi connectivity index (χ0v) is 13.1. The Bertz CT molecular complexity index is 327. The molecule has 2 saturated carbocycles. The molecule has 4 atom stereocenters. The summed E-state index contributed by atoms with van der Waals surface area (Å²) in [6.45, 7) is 0. The van der Waals surface area contributed by atoms with Crippen molar-refractivity contribution in [2.75, 3.05) is 0 Å². The van der Waals surface area contributed by atoms with Crippen molar-refractivity contribution in [3.63, 3.8) is 0 Å². The van der Waals surface area contributed by atoms with Crippen LogP contribution in [-0.4, -0.2) is 32.7 Å². The first-order valence-corrected chi connectivity index (χ1v) is 9.61. The van der Waals surface area contributed by atoms with Crippen molar-refractivity contribution in [2.24, 2.45) is 11.8 Å². The molecule has 0 bridgehead atoms. The van der Waals surface area contributed by atoms with E-state index in [1.54, 1.807) is 21.6 Å². The maximum absolute atomic E-state index is 11.0. The van der Waals surface area contributed by atoms with Gasteiger partial charge in [0.25, 0.3) is 0 Å². The molecule has 2 aliphatic rings. The van der Waals surface area contributed by atoms with Gasteiger partial charge in [0, 0.05) is 10.5 Å². The normalized spacial score (nSPS) is 34.6. The number of carbonyl (C=O) groups is 2. The Balaban J connectivity index is 1.74. The lowest BCUT2D eigenvalue weighted by atomic mass is 9.89. The van der Waals surface area contributed by atoms with Gasteiger partial charge in [0.05, 0.1) is 11.8 Å². The van der Waals surface area contributed by atoms with E-state index in [9.17, 15) is 9.59 Å². The average Bonchev–Trinajstić information content (AvgIpc) is 2.45. The molecule has 2 fully saturated rings. The standard InChI is InChI=1S/C14H22O4S2/c15-13(16)9-3-1-5-11(7-9)19-20-12-6-2-4-10(8-12)14(17)18/h9-12H,1-8H2,(H,15,16)(H,17,18). The van der Waals surface area contributed by atoms with E-state index in [2.05, 4.69) is 0 Å². The summed E-state index contributed by atoms with van der Waals surface area (Å²) in [6, 6.07) is 0. The fraction of sp³-hybridized carbons (Fsp3) is 0.857. The Kier molecular flexibility index (Phi) is 6.08. The molecule has 0 spiro atoms. The molecule has 2 rings (SSSR count). The fourth-order valence-corrected chi connectivity index (χ4v) is 6.52. The van der Waals surface area contributed by atoms with Crippen LogP contribution in [0.15, 0.2) is 0 Å². The number of aliphatic carboxylic acids is 2. The third-order valence-electron chi connectivity index (χ3n) is 4.28. The lowest BCUT2D eigenvalue weighted by Crippen LogP contribution is -2.25. The minimum absolute atomic E-state index is 0.181. The third kappa shape index (κ3) is 4.58. The number of hydrogen-bond donors (Lipinski definition) is 2. The number of carboxylic acid groups (broad SMARTS) is 2. The van der Waals surface area contributed by atoms with Crippen LogP contribution in [0.3, 0.4) is 0 Å². The first-order valence-electron chi connectivity index (χ1n) is 7.34. The summed E-state index contributed by atoms with van der Waals surface area (Å²) in [5.41, 5.74) is 0. The number of hydrogen-bond acceptors (Lipinski definition) is 4. The summed E-state index contributed by atoms with van der Waals surface area (Å²) in [5, 5.41) is 19.0. The molecule has 2 aliphatic carbocycles. The van der Waals surface area contributed by atoms with Gasteiger partial charge < -0.3 is 10.2 Å². The smallest absolute Gasteiger partial charge is 0.306 e. The minimum atomic E-state index is -0.663. The molecular weight excluding hydrogens is 296 g/mol. The fourth-order valence-electron chi connectivity index (χ4n) is 3.07. The molecule has 114 valence electrons. The summed E-state index contributed by atoms with van der Waals surface area (Å²) in [6.07, 6.45) is 7.33. The maximum Gasteiger partial charge on any atom is 0.306 e. The van der Waals surface area contributed by atoms with Gasteiger partial charge in [0.1, 0.15) is 0 Å². The third-order valence-corrected chi connectivity index (χ3v) is 7.76. The summed E-state index contributed by atoms with van der Waals surface area (Å²) in [4.78, 5) is 22.1. The molecule has 0 aromatic rings. The van der Waals surface area contributed by atoms with Crippen LogP contribution in [0, 0.1) is 11.8 Å². The van der Waals surface area contributed by atoms with Crippen molar-refractivity contribution in [1.82, 2.24) is 0 Å². The van der Waals surface area contributed by atoms with Crippen molar-refractivity contribution in [1.29, 1.82) is 0 Å². The number of rotatable bonds is 5. The van der Waals surface area contributed by atoms with E-state index >= 15 is 0 Å². The van der Waals surface area contributed by atoms with Crippen LogP contribution in [0.1, 0.15) is 51.4 Å². The first-order chi connectivity index (χ1) is 9.56. The van der Waals surface area contributed by atoms with Gasteiger partial charge in [0.2, 0.25) is 0 Å². The predicted molar refractivity (Wildman–Crippen MR) is 81.9 cm³/mol. The Morgan fingerprint density at radius 2 is 1.15 bits per heavy atom. The van der Waals surface area contributed by atoms with Crippen LogP contribution in [0.5, 0.6) is 0 Å². The van der Waals surface area contributed by atoms with E-state index in [1.807, 2.05) is 0 Å². The van der Waals surface area contributed by atoms with Gasteiger partial charge in [-0.15, -0.1) is 0 Å². The molecule has 0 aromatic heterocycles. The Morgan fingerprint density at radius 3 is 1.50 bits per heavy atom. The highest BCUT2D eigenvalue weighted by Crippen LogP contribution is 2.44. The maximum atomic E-state index is 11.0. The summed E-state index contributed by atoms with van der Waals surface area (Å²) >= 11 is 0. The van der Waals surface area contributed by atoms with E-state index < -0.39 is 11.9 Å². The molecular formula is C14H22O4S2. The molecule has 2 N–H and O–H groups in total. The lowest BCUT2D eigenvalue weighted by molar-refractivity contribution is -0.143. The zero-order chi connectivity index (χ0) is 14.5. The van der Waals surface area contributed by atoms with Gasteiger partial charge >= 0.3 is 11.9 Å². The number of carboxylic acids is 2. The molecule has 0 saturated heterocycles. The highest BCUT2D eigenvalue weighted by Gasteiger charge is 2.30. The highest BCUT2D eigenvalue weighted by atomic mass is 33.1. The SMILES string of the molecule is O=C(O)C1CCCC(SSC2CCCC(C(=O)O)C2)C1. The lowest BCUT2D eigenvalue weighted by Gasteiger charge is -2.29. The van der Waals surface area contributed by atoms with Gasteiger partial charge in [-0.2, -0.15) is 0 Å². The van der Waals surface area contributed by atoms with Crippen LogP contribution in [0.2, 0.25) is 0 Å².